The molecule has 0 N–H and O–H groups in total. The van der Waals surface area contributed by atoms with Crippen LogP contribution in [-0.4, -0.2) is 13.7 Å². The predicted octanol–water partition coefficient (Wildman–Crippen LogP) is 3.24. The van der Waals surface area contributed by atoms with E-state index in [4.69, 9.17) is 0 Å². The second kappa shape index (κ2) is 5.41. The predicted molar refractivity (Wildman–Crippen MR) is 72.0 cm³/mol. The minimum Gasteiger partial charge on any atom is -0.223 e. The van der Waals surface area contributed by atoms with Crippen LogP contribution in [0.1, 0.15) is 32.6 Å². The van der Waals surface area contributed by atoms with Gasteiger partial charge in [0.1, 0.15) is 4.21 Å². The lowest BCUT2D eigenvalue weighted by molar-refractivity contribution is 0.308. The average Bonchev–Trinajstić information content (AvgIpc) is 2.92. The van der Waals surface area contributed by atoms with Crippen molar-refractivity contribution in [3.05, 3.63) is 17.5 Å². The SMILES string of the molecule is CCC1CCC(C#N)C(S(=O)(=O)c2cccs2)C1. The molecule has 3 atom stereocenters. The minimum absolute atomic E-state index is 0.347. The Balaban J connectivity index is 2.31. The Morgan fingerprint density at radius 2 is 2.28 bits per heavy atom. The molecule has 1 fully saturated rings. The zero-order valence-corrected chi connectivity index (χ0v) is 12.0. The molecule has 3 unspecified atom stereocenters. The van der Waals surface area contributed by atoms with Crippen LogP contribution in [0.3, 0.4) is 0 Å². The molecule has 0 aromatic carbocycles. The first-order valence-electron chi connectivity index (χ1n) is 6.26. The third-order valence-corrected chi connectivity index (χ3v) is 7.48. The molecule has 3 nitrogen and oxygen atoms in total. The van der Waals surface area contributed by atoms with Crippen LogP contribution in [0, 0.1) is 23.2 Å². The van der Waals surface area contributed by atoms with Crippen molar-refractivity contribution in [3.63, 3.8) is 0 Å². The number of sulfone groups is 1. The van der Waals surface area contributed by atoms with E-state index in [1.165, 1.54) is 11.3 Å². The Morgan fingerprint density at radius 3 is 2.83 bits per heavy atom. The molecule has 18 heavy (non-hydrogen) atoms. The van der Waals surface area contributed by atoms with Crippen molar-refractivity contribution < 1.29 is 8.42 Å². The fourth-order valence-corrected chi connectivity index (χ4v) is 5.89. The summed E-state index contributed by atoms with van der Waals surface area (Å²) in [5.74, 6) is 0.0919. The Labute approximate surface area is 112 Å². The molecule has 1 heterocycles. The van der Waals surface area contributed by atoms with Gasteiger partial charge in [-0.1, -0.05) is 19.4 Å². The molecule has 0 saturated heterocycles. The molecule has 1 aliphatic carbocycles. The van der Waals surface area contributed by atoms with Crippen LogP contribution in [0.25, 0.3) is 0 Å². The van der Waals surface area contributed by atoms with Gasteiger partial charge < -0.3 is 0 Å². The monoisotopic (exact) mass is 283 g/mol. The van der Waals surface area contributed by atoms with Gasteiger partial charge in [0.2, 0.25) is 0 Å². The van der Waals surface area contributed by atoms with Crippen LogP contribution in [0.15, 0.2) is 21.7 Å². The number of rotatable bonds is 3. The van der Waals surface area contributed by atoms with Crippen molar-refractivity contribution in [2.24, 2.45) is 11.8 Å². The fourth-order valence-electron chi connectivity index (χ4n) is 2.65. The number of hydrogen-bond acceptors (Lipinski definition) is 4. The lowest BCUT2D eigenvalue weighted by Crippen LogP contribution is -2.35. The molecule has 98 valence electrons. The molecule has 0 radical (unpaired) electrons. The average molecular weight is 283 g/mol. The molecule has 0 aliphatic heterocycles. The van der Waals surface area contributed by atoms with Crippen molar-refractivity contribution in [3.8, 4) is 6.07 Å². The van der Waals surface area contributed by atoms with E-state index < -0.39 is 15.1 Å². The molecule has 1 aliphatic rings. The topological polar surface area (TPSA) is 57.9 Å². The van der Waals surface area contributed by atoms with Crippen LogP contribution in [0.5, 0.6) is 0 Å². The summed E-state index contributed by atoms with van der Waals surface area (Å²) in [6.45, 7) is 2.09. The van der Waals surface area contributed by atoms with Gasteiger partial charge in [0.25, 0.3) is 0 Å². The van der Waals surface area contributed by atoms with E-state index in [2.05, 4.69) is 13.0 Å². The largest absolute Gasteiger partial charge is 0.223 e. The molecule has 0 bridgehead atoms. The van der Waals surface area contributed by atoms with Crippen LogP contribution in [0.4, 0.5) is 0 Å². The van der Waals surface area contributed by atoms with Gasteiger partial charge in [-0.2, -0.15) is 5.26 Å². The first-order valence-corrected chi connectivity index (χ1v) is 8.69. The lowest BCUT2D eigenvalue weighted by atomic mass is 9.81. The number of nitriles is 1. The first kappa shape index (κ1) is 13.6. The second-order valence-corrected chi connectivity index (χ2v) is 8.18. The second-order valence-electron chi connectivity index (χ2n) is 4.84. The van der Waals surface area contributed by atoms with Crippen molar-refractivity contribution >= 4 is 21.2 Å². The van der Waals surface area contributed by atoms with E-state index in [-0.39, 0.29) is 5.92 Å². The van der Waals surface area contributed by atoms with Gasteiger partial charge in [0.15, 0.2) is 9.84 Å². The zero-order valence-electron chi connectivity index (χ0n) is 10.4. The molecular formula is C13H17NO2S2. The third kappa shape index (κ3) is 2.45. The molecule has 5 heteroatoms. The first-order chi connectivity index (χ1) is 8.59. The van der Waals surface area contributed by atoms with Crippen molar-refractivity contribution in [1.82, 2.24) is 0 Å². The Morgan fingerprint density at radius 1 is 1.50 bits per heavy atom. The molecule has 1 aromatic heterocycles. The Hall–Kier alpha value is -0.860. The Bertz CT molecular complexity index is 528. The number of thiophene rings is 1. The van der Waals surface area contributed by atoms with Gasteiger partial charge in [-0.25, -0.2) is 8.42 Å². The van der Waals surface area contributed by atoms with Gasteiger partial charge in [0, 0.05) is 0 Å². The van der Waals surface area contributed by atoms with Crippen molar-refractivity contribution in [1.29, 1.82) is 5.26 Å². The van der Waals surface area contributed by atoms with Gasteiger partial charge in [-0.05, 0) is 36.6 Å². The summed E-state index contributed by atoms with van der Waals surface area (Å²) in [5, 5.41) is 10.4. The molecule has 2 rings (SSSR count). The van der Waals surface area contributed by atoms with E-state index in [0.717, 1.165) is 12.8 Å². The van der Waals surface area contributed by atoms with Gasteiger partial charge >= 0.3 is 0 Å². The zero-order chi connectivity index (χ0) is 13.2. The van der Waals surface area contributed by atoms with E-state index >= 15 is 0 Å². The normalized spacial score (nSPS) is 28.8. The summed E-state index contributed by atoms with van der Waals surface area (Å²) < 4.78 is 25.5. The van der Waals surface area contributed by atoms with Crippen molar-refractivity contribution in [2.45, 2.75) is 42.1 Å². The number of nitrogens with zero attached hydrogens (tertiary/aromatic N) is 1. The van der Waals surface area contributed by atoms with Crippen molar-refractivity contribution in [2.75, 3.05) is 0 Å². The third-order valence-electron chi connectivity index (χ3n) is 3.82. The summed E-state index contributed by atoms with van der Waals surface area (Å²) in [6, 6.07) is 5.58. The lowest BCUT2D eigenvalue weighted by Gasteiger charge is -2.31. The van der Waals surface area contributed by atoms with E-state index in [0.29, 0.717) is 23.0 Å². The smallest absolute Gasteiger partial charge is 0.191 e. The van der Waals surface area contributed by atoms with E-state index in [1.807, 2.05) is 0 Å². The molecule has 0 spiro atoms. The highest BCUT2D eigenvalue weighted by atomic mass is 32.2. The Kier molecular flexibility index (Phi) is 4.08. The van der Waals surface area contributed by atoms with Crippen LogP contribution in [0.2, 0.25) is 0 Å². The van der Waals surface area contributed by atoms with Gasteiger partial charge in [-0.3, -0.25) is 0 Å². The van der Waals surface area contributed by atoms with Gasteiger partial charge in [0.05, 0.1) is 17.2 Å². The summed E-state index contributed by atoms with van der Waals surface area (Å²) >= 11 is 1.25. The maximum Gasteiger partial charge on any atom is 0.191 e. The summed E-state index contributed by atoms with van der Waals surface area (Å²) in [5.41, 5.74) is 0. The maximum atomic E-state index is 12.5. The van der Waals surface area contributed by atoms with Crippen LogP contribution < -0.4 is 0 Å². The molecular weight excluding hydrogens is 266 g/mol. The summed E-state index contributed by atoms with van der Waals surface area (Å²) in [7, 11) is -3.33. The minimum atomic E-state index is -3.33. The van der Waals surface area contributed by atoms with E-state index in [1.54, 1.807) is 17.5 Å². The fraction of sp³-hybridized carbons (Fsp3) is 0.615. The molecule has 1 aromatic rings. The highest BCUT2D eigenvalue weighted by molar-refractivity contribution is 7.94. The number of hydrogen-bond donors (Lipinski definition) is 0. The highest BCUT2D eigenvalue weighted by Gasteiger charge is 2.39. The molecule has 0 amide bonds. The van der Waals surface area contributed by atoms with E-state index in [9.17, 15) is 13.7 Å². The van der Waals surface area contributed by atoms with Gasteiger partial charge in [-0.15, -0.1) is 11.3 Å². The molecule has 1 saturated carbocycles. The highest BCUT2D eigenvalue weighted by Crippen LogP contribution is 2.38. The standard InChI is InChI=1S/C13H17NO2S2/c1-2-10-5-6-11(9-14)12(8-10)18(15,16)13-4-3-7-17-13/h3-4,7,10-12H,2,5-6,8H2,1H3. The van der Waals surface area contributed by atoms with Crippen LogP contribution >= 0.6 is 11.3 Å². The quantitative estimate of drug-likeness (QED) is 0.855. The maximum absolute atomic E-state index is 12.5. The summed E-state index contributed by atoms with van der Waals surface area (Å²) in [6.07, 6.45) is 3.32. The summed E-state index contributed by atoms with van der Waals surface area (Å²) in [4.78, 5) is 0. The van der Waals surface area contributed by atoms with Crippen LogP contribution in [-0.2, 0) is 9.84 Å².